The molecule has 1 aromatic carbocycles. The molecule has 0 bridgehead atoms. The van der Waals surface area contributed by atoms with Crippen molar-refractivity contribution in [1.29, 1.82) is 0 Å². The van der Waals surface area contributed by atoms with E-state index in [1.54, 1.807) is 17.5 Å². The molecule has 0 atom stereocenters. The fourth-order valence-corrected chi connectivity index (χ4v) is 3.08. The minimum absolute atomic E-state index is 0.188. The minimum Gasteiger partial charge on any atom is -0.366 e. The molecular formula is C15H12N4O4S. The summed E-state index contributed by atoms with van der Waals surface area (Å²) in [6.07, 6.45) is 0. The van der Waals surface area contributed by atoms with Gasteiger partial charge in [0, 0.05) is 0 Å². The highest BCUT2D eigenvalue weighted by Crippen LogP contribution is 2.22. The molecule has 8 nitrogen and oxygen atoms in total. The highest BCUT2D eigenvalue weighted by Gasteiger charge is 2.14. The molecule has 2 amide bonds. The van der Waals surface area contributed by atoms with Gasteiger partial charge in [0.2, 0.25) is 5.91 Å². The Morgan fingerprint density at radius 1 is 1.17 bits per heavy atom. The molecule has 3 aromatic rings. The van der Waals surface area contributed by atoms with Crippen LogP contribution in [-0.4, -0.2) is 21.6 Å². The normalized spacial score (nSPS) is 10.7. The predicted octanol–water partition coefficient (Wildman–Crippen LogP) is 0.489. The van der Waals surface area contributed by atoms with E-state index in [2.05, 4.69) is 10.4 Å². The lowest BCUT2D eigenvalue weighted by atomic mass is 10.2. The molecule has 9 heteroatoms. The number of H-pyrrole nitrogens is 1. The molecule has 24 heavy (non-hydrogen) atoms. The van der Waals surface area contributed by atoms with Crippen molar-refractivity contribution in [2.45, 2.75) is 6.54 Å². The zero-order valence-corrected chi connectivity index (χ0v) is 13.1. The first-order valence-corrected chi connectivity index (χ1v) is 7.74. The van der Waals surface area contributed by atoms with Crippen LogP contribution in [0.3, 0.4) is 0 Å². The van der Waals surface area contributed by atoms with Gasteiger partial charge in [-0.3, -0.25) is 24.3 Å². The average Bonchev–Trinajstić information content (AvgIpc) is 3.00. The van der Waals surface area contributed by atoms with Crippen LogP contribution in [0, 0.1) is 0 Å². The van der Waals surface area contributed by atoms with Crippen molar-refractivity contribution < 1.29 is 9.59 Å². The highest BCUT2D eigenvalue weighted by molar-refractivity contribution is 7.14. The van der Waals surface area contributed by atoms with Crippen molar-refractivity contribution in [3.05, 3.63) is 62.0 Å². The molecule has 0 saturated carbocycles. The topological polar surface area (TPSA) is 127 Å². The van der Waals surface area contributed by atoms with E-state index in [9.17, 15) is 19.2 Å². The van der Waals surface area contributed by atoms with Crippen molar-refractivity contribution in [2.75, 3.05) is 5.32 Å². The number of thiophene rings is 1. The van der Waals surface area contributed by atoms with Crippen LogP contribution in [0.15, 0.2) is 45.3 Å². The van der Waals surface area contributed by atoms with Gasteiger partial charge in [-0.05, 0) is 23.6 Å². The fourth-order valence-electron chi connectivity index (χ4n) is 2.27. The number of benzene rings is 1. The summed E-state index contributed by atoms with van der Waals surface area (Å²) < 4.78 is 0.928. The summed E-state index contributed by atoms with van der Waals surface area (Å²) in [6, 6.07) is 7.83. The lowest BCUT2D eigenvalue weighted by molar-refractivity contribution is -0.117. The molecule has 0 fully saturated rings. The van der Waals surface area contributed by atoms with Crippen LogP contribution in [0.2, 0.25) is 0 Å². The number of hydrogen-bond donors (Lipinski definition) is 3. The Labute approximate surface area is 138 Å². The van der Waals surface area contributed by atoms with Gasteiger partial charge in [-0.25, -0.2) is 4.68 Å². The summed E-state index contributed by atoms with van der Waals surface area (Å²) in [7, 11) is 0. The zero-order valence-electron chi connectivity index (χ0n) is 12.2. The van der Waals surface area contributed by atoms with E-state index >= 15 is 0 Å². The number of carbonyl (C=O) groups excluding carboxylic acids is 2. The van der Waals surface area contributed by atoms with E-state index in [4.69, 9.17) is 5.73 Å². The Hall–Kier alpha value is -3.20. The largest absolute Gasteiger partial charge is 0.366 e. The Kier molecular flexibility index (Phi) is 4.00. The summed E-state index contributed by atoms with van der Waals surface area (Å²) in [5.74, 6) is -1.23. The van der Waals surface area contributed by atoms with Gasteiger partial charge in [0.15, 0.2) is 0 Å². The molecule has 0 spiro atoms. The van der Waals surface area contributed by atoms with E-state index in [0.717, 1.165) is 16.0 Å². The van der Waals surface area contributed by atoms with Gasteiger partial charge in [-0.15, -0.1) is 11.3 Å². The first-order valence-electron chi connectivity index (χ1n) is 6.86. The monoisotopic (exact) mass is 344 g/mol. The number of amides is 2. The zero-order chi connectivity index (χ0) is 17.3. The molecule has 0 saturated heterocycles. The number of aromatic nitrogens is 2. The standard InChI is InChI=1S/C15H12N4O4S/c16-12(21)10-5-6-24-14(10)17-11(20)7-19-15(23)9-4-2-1-3-8(9)13(22)18-19/h1-6H,7H2,(H2,16,21)(H,17,20)(H,18,22). The molecule has 122 valence electrons. The van der Waals surface area contributed by atoms with Crippen LogP contribution in [0.1, 0.15) is 10.4 Å². The van der Waals surface area contributed by atoms with Crippen LogP contribution in [-0.2, 0) is 11.3 Å². The van der Waals surface area contributed by atoms with Crippen molar-refractivity contribution in [3.63, 3.8) is 0 Å². The van der Waals surface area contributed by atoms with E-state index in [1.807, 2.05) is 0 Å². The molecule has 4 N–H and O–H groups in total. The highest BCUT2D eigenvalue weighted by atomic mass is 32.1. The van der Waals surface area contributed by atoms with Crippen molar-refractivity contribution >= 4 is 38.9 Å². The Morgan fingerprint density at radius 3 is 2.58 bits per heavy atom. The summed E-state index contributed by atoms with van der Waals surface area (Å²) in [4.78, 5) is 47.7. The number of primary amides is 1. The third kappa shape index (κ3) is 2.84. The molecule has 3 rings (SSSR count). The van der Waals surface area contributed by atoms with Crippen LogP contribution >= 0.6 is 11.3 Å². The van der Waals surface area contributed by atoms with Gasteiger partial charge in [0.25, 0.3) is 17.0 Å². The predicted molar refractivity (Wildman–Crippen MR) is 90.3 cm³/mol. The van der Waals surface area contributed by atoms with Crippen molar-refractivity contribution in [1.82, 2.24) is 9.78 Å². The number of rotatable bonds is 4. The van der Waals surface area contributed by atoms with Gasteiger partial charge in [-0.2, -0.15) is 0 Å². The molecule has 2 aromatic heterocycles. The number of carbonyl (C=O) groups is 2. The minimum atomic E-state index is -0.664. The quantitative estimate of drug-likeness (QED) is 0.636. The fraction of sp³-hybridized carbons (Fsp3) is 0.0667. The summed E-state index contributed by atoms with van der Waals surface area (Å²) >= 11 is 1.13. The second-order valence-corrected chi connectivity index (χ2v) is 5.87. The van der Waals surface area contributed by atoms with E-state index in [1.165, 1.54) is 18.2 Å². The van der Waals surface area contributed by atoms with Gasteiger partial charge in [-0.1, -0.05) is 12.1 Å². The van der Waals surface area contributed by atoms with Crippen LogP contribution < -0.4 is 22.2 Å². The molecular weight excluding hydrogens is 332 g/mol. The van der Waals surface area contributed by atoms with Gasteiger partial charge in [0.05, 0.1) is 16.3 Å². The van der Waals surface area contributed by atoms with E-state index < -0.39 is 29.5 Å². The number of fused-ring (bicyclic) bond motifs is 1. The molecule has 0 aliphatic heterocycles. The lowest BCUT2D eigenvalue weighted by Crippen LogP contribution is -2.34. The number of nitrogens with zero attached hydrogens (tertiary/aromatic N) is 1. The SMILES string of the molecule is NC(=O)c1ccsc1NC(=O)Cn1[nH]c(=O)c2ccccc2c1=O. The van der Waals surface area contributed by atoms with Gasteiger partial charge < -0.3 is 11.1 Å². The summed E-state index contributed by atoms with van der Waals surface area (Å²) in [5.41, 5.74) is 4.44. The smallest absolute Gasteiger partial charge is 0.273 e. The third-order valence-electron chi connectivity index (χ3n) is 3.37. The van der Waals surface area contributed by atoms with Gasteiger partial charge >= 0.3 is 0 Å². The van der Waals surface area contributed by atoms with Crippen LogP contribution in [0.5, 0.6) is 0 Å². The Morgan fingerprint density at radius 2 is 1.88 bits per heavy atom. The lowest BCUT2D eigenvalue weighted by Gasteiger charge is -2.08. The Bertz CT molecular complexity index is 1060. The molecule has 0 aliphatic rings. The number of aromatic amines is 1. The van der Waals surface area contributed by atoms with Crippen LogP contribution in [0.4, 0.5) is 5.00 Å². The number of nitrogens with one attached hydrogen (secondary N) is 2. The van der Waals surface area contributed by atoms with Crippen molar-refractivity contribution in [2.24, 2.45) is 5.73 Å². The molecule has 0 unspecified atom stereocenters. The molecule has 0 radical (unpaired) electrons. The Balaban J connectivity index is 1.90. The number of nitrogens with two attached hydrogens (primary N) is 1. The van der Waals surface area contributed by atoms with E-state index in [0.29, 0.717) is 5.00 Å². The third-order valence-corrected chi connectivity index (χ3v) is 4.20. The second-order valence-electron chi connectivity index (χ2n) is 4.95. The first kappa shape index (κ1) is 15.7. The molecule has 0 aliphatic carbocycles. The first-order chi connectivity index (χ1) is 11.5. The summed E-state index contributed by atoms with van der Waals surface area (Å²) in [5, 5.41) is 7.27. The van der Waals surface area contributed by atoms with E-state index in [-0.39, 0.29) is 16.3 Å². The summed E-state index contributed by atoms with van der Waals surface area (Å²) in [6.45, 7) is -0.394. The number of anilines is 1. The maximum atomic E-state index is 12.3. The maximum absolute atomic E-state index is 12.3. The maximum Gasteiger partial charge on any atom is 0.273 e. The molecule has 2 heterocycles. The number of hydrogen-bond acceptors (Lipinski definition) is 5. The van der Waals surface area contributed by atoms with Crippen molar-refractivity contribution in [3.8, 4) is 0 Å². The second kappa shape index (κ2) is 6.13. The van der Waals surface area contributed by atoms with Gasteiger partial charge in [0.1, 0.15) is 11.5 Å². The average molecular weight is 344 g/mol. The van der Waals surface area contributed by atoms with Crippen LogP contribution in [0.25, 0.3) is 10.8 Å².